The van der Waals surface area contributed by atoms with Crippen molar-refractivity contribution >= 4 is 90.8 Å². The topological polar surface area (TPSA) is 213 Å². The number of anilines is 2. The Labute approximate surface area is 521 Å². The first-order chi connectivity index (χ1) is 42.8. The number of phenolic OH excluding ortho intramolecular Hbond substituents is 1. The zero-order valence-electron chi connectivity index (χ0n) is 50.2. The maximum absolute atomic E-state index is 17.0. The maximum Gasteiger partial charge on any atom is 0.246 e. The molecule has 2 saturated heterocycles. The maximum atomic E-state index is 17.0. The summed E-state index contributed by atoms with van der Waals surface area (Å²) in [5.41, 5.74) is 2.33. The molecule has 4 amide bonds. The number of nitrogens with zero attached hydrogens (tertiary/aromatic N) is 7. The molecular weight excluding hydrogens is 1160 g/mol. The number of rotatable bonds is 27. The van der Waals surface area contributed by atoms with Crippen molar-refractivity contribution in [3.63, 3.8) is 0 Å². The van der Waals surface area contributed by atoms with Gasteiger partial charge in [0, 0.05) is 86.6 Å². The lowest BCUT2D eigenvalue weighted by atomic mass is 9.83. The van der Waals surface area contributed by atoms with E-state index in [1.807, 2.05) is 71.3 Å². The minimum Gasteiger partial charge on any atom is -0.508 e. The van der Waals surface area contributed by atoms with E-state index in [0.29, 0.717) is 113 Å². The summed E-state index contributed by atoms with van der Waals surface area (Å²) < 4.78 is 40.6. The number of amides is 4. The van der Waals surface area contributed by atoms with Gasteiger partial charge in [0.15, 0.2) is 5.82 Å². The molecule has 3 atom stereocenters. The van der Waals surface area contributed by atoms with Crippen LogP contribution in [0.3, 0.4) is 0 Å². The molecule has 2 aromatic heterocycles. The van der Waals surface area contributed by atoms with E-state index in [1.54, 1.807) is 47.4 Å². The Balaban J connectivity index is 0.648. The first-order valence-corrected chi connectivity index (χ1v) is 31.7. The van der Waals surface area contributed by atoms with E-state index < -0.39 is 17.9 Å². The minimum absolute atomic E-state index is 0.00100. The Morgan fingerprint density at radius 3 is 2.26 bits per heavy atom. The highest BCUT2D eigenvalue weighted by atomic mass is 35.5. The molecule has 5 aromatic carbocycles. The summed E-state index contributed by atoms with van der Waals surface area (Å²) in [6.07, 6.45) is 8.26. The van der Waals surface area contributed by atoms with Crippen molar-refractivity contribution in [1.29, 1.82) is 0 Å². The average molecular weight is 1240 g/mol. The van der Waals surface area contributed by atoms with Gasteiger partial charge in [0.2, 0.25) is 29.6 Å². The number of carbonyl (C=O) groups is 4. The number of hydrogen-bond acceptors (Lipinski definition) is 16. The lowest BCUT2D eigenvalue weighted by Crippen LogP contribution is -2.55. The van der Waals surface area contributed by atoms with Crippen LogP contribution in [0.1, 0.15) is 69.3 Å². The van der Waals surface area contributed by atoms with Crippen molar-refractivity contribution < 1.29 is 47.6 Å². The molecule has 7 aromatic rings. The number of likely N-dealkylation sites (tertiary alicyclic amines) is 1. The second kappa shape index (κ2) is 30.1. The summed E-state index contributed by atoms with van der Waals surface area (Å²) in [6.45, 7) is 10.6. The summed E-state index contributed by atoms with van der Waals surface area (Å²) in [6, 6.07) is 23.1. The van der Waals surface area contributed by atoms with Crippen molar-refractivity contribution in [3.05, 3.63) is 113 Å². The van der Waals surface area contributed by atoms with Crippen LogP contribution >= 0.6 is 22.9 Å². The lowest BCUT2D eigenvalue weighted by molar-refractivity contribution is -0.139. The van der Waals surface area contributed by atoms with Gasteiger partial charge in [-0.25, -0.2) is 14.4 Å². The molecule has 0 bridgehead atoms. The normalized spacial score (nSPS) is 16.3. The van der Waals surface area contributed by atoms with Crippen molar-refractivity contribution in [2.24, 2.45) is 5.92 Å². The van der Waals surface area contributed by atoms with Crippen LogP contribution in [0.25, 0.3) is 54.8 Å². The minimum atomic E-state index is -0.689. The summed E-state index contributed by atoms with van der Waals surface area (Å²) in [7, 11) is 3.46. The number of fused-ring (bicyclic) bond motifs is 3. The smallest absolute Gasteiger partial charge is 0.246 e. The Bertz CT molecular complexity index is 3620. The first-order valence-electron chi connectivity index (χ1n) is 30.5. The number of thiazole rings is 1. The predicted octanol–water partition coefficient (Wildman–Crippen LogP) is 9.79. The number of ether oxygens (including phenoxy) is 4. The number of aromatic hydroxyl groups is 1. The molecule has 0 unspecified atom stereocenters. The molecule has 1 aliphatic carbocycles. The number of piperazine rings is 1. The van der Waals surface area contributed by atoms with Crippen LogP contribution in [-0.4, -0.2) is 177 Å². The van der Waals surface area contributed by atoms with Crippen LogP contribution in [0.5, 0.6) is 11.5 Å². The Kier molecular flexibility index (Phi) is 21.7. The molecule has 19 nitrogen and oxygen atoms in total. The SMILES string of the molecule is C=CC(=O)N1CCN(c2nc(NCCC(=O)N(C)CCOCCOCCOCCOc3ccc(-c4csc([C@@H]5CCCN5C(=O)[C@@H](NC(=O)[C@H](C)NC)C5CCCCC5)n4)c4ccccc34)nc3c(F)c(-c4cc(O)cc5ccccc45)c(Cl)cc23)CC1. The number of benzene rings is 5. The summed E-state index contributed by atoms with van der Waals surface area (Å²) in [4.78, 5) is 74.9. The number of halogens is 2. The largest absolute Gasteiger partial charge is 0.508 e. The number of hydrogen-bond donors (Lipinski definition) is 4. The number of carbonyl (C=O) groups excluding carboxylic acids is 4. The zero-order chi connectivity index (χ0) is 61.7. The van der Waals surface area contributed by atoms with Crippen molar-refractivity contribution in [1.82, 2.24) is 40.3 Å². The van der Waals surface area contributed by atoms with Crippen LogP contribution in [0.4, 0.5) is 16.2 Å². The zero-order valence-corrected chi connectivity index (χ0v) is 51.8. The highest BCUT2D eigenvalue weighted by molar-refractivity contribution is 7.10. The van der Waals surface area contributed by atoms with Gasteiger partial charge in [0.05, 0.1) is 62.4 Å². The molecular formula is C66H78ClFN10O9S. The Morgan fingerprint density at radius 2 is 1.52 bits per heavy atom. The molecule has 3 fully saturated rings. The van der Waals surface area contributed by atoms with Gasteiger partial charge in [-0.05, 0) is 104 Å². The second-order valence-electron chi connectivity index (χ2n) is 22.5. The molecule has 466 valence electrons. The van der Waals surface area contributed by atoms with Crippen LogP contribution in [-0.2, 0) is 33.4 Å². The number of likely N-dealkylation sites (N-methyl/N-ethyl adjacent to an activating group) is 2. The Morgan fingerprint density at radius 1 is 0.818 bits per heavy atom. The van der Waals surface area contributed by atoms with Gasteiger partial charge in [-0.2, -0.15) is 4.98 Å². The monoisotopic (exact) mass is 1240 g/mol. The van der Waals surface area contributed by atoms with Gasteiger partial charge in [-0.3, -0.25) is 19.2 Å². The summed E-state index contributed by atoms with van der Waals surface area (Å²) in [5.74, 6) is 0.203. The standard InChI is InChI=1S/C66H78ClFN10O9S/c1-5-56(80)76-26-28-77(29-27-76)62-51-40-52(67)58(50-39-45(79)38-44-16-9-10-17-46(44)50)59(68)61(51)73-66(74-62)70-24-23-57(81)75(4)30-31-84-32-33-85-34-35-86-36-37-87-55-22-21-48(47-18-11-12-19-49(47)55)53-41-88-64(71-53)54-20-13-25-78(54)65(83)60(43-14-7-6-8-15-43)72-63(82)42(2)69-3/h5,9-12,16-19,21-22,38-43,54,60,69,79H,1,6-8,13-15,20,23-37H2,2-4H3,(H,72,82)(H,70,73,74)/t42-,54-,60-/m0/s1. The fraction of sp³-hybridized carbons (Fsp3) is 0.439. The quantitative estimate of drug-likeness (QED) is 0.0279. The van der Waals surface area contributed by atoms with Crippen molar-refractivity contribution in [2.45, 2.75) is 76.4 Å². The van der Waals surface area contributed by atoms with Gasteiger partial charge >= 0.3 is 0 Å². The third-order valence-corrected chi connectivity index (χ3v) is 18.2. The first kappa shape index (κ1) is 63.5. The van der Waals surface area contributed by atoms with Gasteiger partial charge in [-0.1, -0.05) is 86.0 Å². The van der Waals surface area contributed by atoms with E-state index in [-0.39, 0.29) is 76.4 Å². The molecule has 10 rings (SSSR count). The Hall–Kier alpha value is -7.53. The van der Waals surface area contributed by atoms with E-state index in [2.05, 4.69) is 39.0 Å². The molecule has 3 aliphatic rings. The van der Waals surface area contributed by atoms with E-state index in [1.165, 1.54) is 12.1 Å². The van der Waals surface area contributed by atoms with Gasteiger partial charge in [-0.15, -0.1) is 11.3 Å². The third-order valence-electron chi connectivity index (χ3n) is 16.9. The van der Waals surface area contributed by atoms with Gasteiger partial charge in [0.1, 0.15) is 40.5 Å². The molecule has 0 radical (unpaired) electrons. The van der Waals surface area contributed by atoms with Crippen LogP contribution < -0.4 is 25.6 Å². The molecule has 2 aliphatic heterocycles. The highest BCUT2D eigenvalue weighted by Gasteiger charge is 2.40. The highest BCUT2D eigenvalue weighted by Crippen LogP contribution is 2.44. The number of nitrogens with one attached hydrogen (secondary N) is 3. The van der Waals surface area contributed by atoms with Crippen LogP contribution in [0.2, 0.25) is 5.02 Å². The molecule has 0 spiro atoms. The molecule has 4 heterocycles. The number of aromatic nitrogens is 3. The van der Waals surface area contributed by atoms with E-state index >= 15 is 4.39 Å². The number of phenols is 1. The summed E-state index contributed by atoms with van der Waals surface area (Å²) in [5, 5.41) is 26.8. The van der Waals surface area contributed by atoms with Crippen LogP contribution in [0.15, 0.2) is 96.9 Å². The van der Waals surface area contributed by atoms with E-state index in [4.69, 9.17) is 40.5 Å². The molecule has 4 N–H and O–H groups in total. The molecule has 88 heavy (non-hydrogen) atoms. The van der Waals surface area contributed by atoms with Crippen LogP contribution in [0, 0.1) is 11.7 Å². The third kappa shape index (κ3) is 15.0. The van der Waals surface area contributed by atoms with Gasteiger partial charge < -0.3 is 59.6 Å². The van der Waals surface area contributed by atoms with Crippen molar-refractivity contribution in [3.8, 4) is 33.9 Å². The van der Waals surface area contributed by atoms with E-state index in [0.717, 1.165) is 77.7 Å². The van der Waals surface area contributed by atoms with E-state index in [9.17, 15) is 24.3 Å². The average Bonchev–Trinajstić information content (AvgIpc) is 0.866. The fourth-order valence-electron chi connectivity index (χ4n) is 12.0. The van der Waals surface area contributed by atoms with Gasteiger partial charge in [0.25, 0.3) is 0 Å². The molecule has 1 saturated carbocycles. The van der Waals surface area contributed by atoms with Crippen molar-refractivity contribution in [2.75, 3.05) is 116 Å². The lowest BCUT2D eigenvalue weighted by Gasteiger charge is -2.35. The second-order valence-corrected chi connectivity index (χ2v) is 23.8. The summed E-state index contributed by atoms with van der Waals surface area (Å²) >= 11 is 8.48. The molecule has 22 heteroatoms. The fourth-order valence-corrected chi connectivity index (χ4v) is 13.2. The predicted molar refractivity (Wildman–Crippen MR) is 343 cm³/mol.